The zero-order valence-electron chi connectivity index (χ0n) is 24.2. The Kier molecular flexibility index (Phi) is 8.10. The second-order valence-electron chi connectivity index (χ2n) is 14.8. The van der Waals surface area contributed by atoms with Crippen LogP contribution < -0.4 is 0 Å². The summed E-state index contributed by atoms with van der Waals surface area (Å²) in [5.74, 6) is 3.15. The average molecular weight is 503 g/mol. The fourth-order valence-electron chi connectivity index (χ4n) is 9.20. The van der Waals surface area contributed by atoms with Crippen molar-refractivity contribution in [2.45, 2.75) is 125 Å². The summed E-state index contributed by atoms with van der Waals surface area (Å²) in [6.07, 6.45) is 13.3. The minimum Gasteiger partial charge on any atom is -0.462 e. The summed E-state index contributed by atoms with van der Waals surface area (Å²) >= 11 is 0. The number of hydrogen-bond acceptors (Lipinski definition) is 4. The molecule has 4 aliphatic carbocycles. The van der Waals surface area contributed by atoms with Crippen molar-refractivity contribution in [2.75, 3.05) is 6.61 Å². The van der Waals surface area contributed by atoms with Crippen LogP contribution in [0.25, 0.3) is 0 Å². The molecular formula is C32H54O4. The van der Waals surface area contributed by atoms with E-state index in [1.54, 1.807) is 0 Å². The smallest absolute Gasteiger partial charge is 0.311 e. The Labute approximate surface area is 220 Å². The van der Waals surface area contributed by atoms with Crippen LogP contribution in [0, 0.1) is 51.8 Å². The van der Waals surface area contributed by atoms with Crippen LogP contribution in [0.3, 0.4) is 0 Å². The van der Waals surface area contributed by atoms with Crippen LogP contribution >= 0.6 is 0 Å². The summed E-state index contributed by atoms with van der Waals surface area (Å²) in [6, 6.07) is 0. The third-order valence-corrected chi connectivity index (χ3v) is 11.3. The van der Waals surface area contributed by atoms with Gasteiger partial charge in [0.1, 0.15) is 6.10 Å². The van der Waals surface area contributed by atoms with Crippen LogP contribution in [0.5, 0.6) is 0 Å². The van der Waals surface area contributed by atoms with Gasteiger partial charge in [-0.25, -0.2) is 0 Å². The topological polar surface area (TPSA) is 66.8 Å². The molecule has 10 atom stereocenters. The van der Waals surface area contributed by atoms with Crippen molar-refractivity contribution in [1.29, 1.82) is 0 Å². The lowest BCUT2D eigenvalue weighted by Crippen LogP contribution is -2.51. The Bertz CT molecular complexity index is 827. The molecule has 4 nitrogen and oxygen atoms in total. The van der Waals surface area contributed by atoms with Crippen LogP contribution in [0.2, 0.25) is 0 Å². The molecule has 36 heavy (non-hydrogen) atoms. The van der Waals surface area contributed by atoms with Crippen molar-refractivity contribution in [3.8, 4) is 0 Å². The predicted octanol–water partition coefficient (Wildman–Crippen LogP) is 6.93. The molecule has 4 rings (SSSR count). The molecule has 3 saturated carbocycles. The number of carbonyl (C=O) groups is 1. The lowest BCUT2D eigenvalue weighted by Gasteiger charge is -2.58. The van der Waals surface area contributed by atoms with E-state index >= 15 is 0 Å². The van der Waals surface area contributed by atoms with Crippen LogP contribution in [-0.4, -0.2) is 35.0 Å². The molecular weight excluding hydrogens is 448 g/mol. The summed E-state index contributed by atoms with van der Waals surface area (Å²) in [5, 5.41) is 20.8. The van der Waals surface area contributed by atoms with Crippen molar-refractivity contribution < 1.29 is 19.7 Å². The van der Waals surface area contributed by atoms with Gasteiger partial charge in [-0.15, -0.1) is 0 Å². The number of aliphatic hydroxyl groups is 2. The maximum atomic E-state index is 12.5. The molecule has 0 aromatic carbocycles. The highest BCUT2D eigenvalue weighted by Crippen LogP contribution is 2.67. The largest absolute Gasteiger partial charge is 0.462 e. The minimum atomic E-state index is -0.450. The van der Waals surface area contributed by atoms with E-state index in [9.17, 15) is 15.0 Å². The van der Waals surface area contributed by atoms with E-state index in [-0.39, 0.29) is 35.6 Å². The molecule has 0 heterocycles. The van der Waals surface area contributed by atoms with Gasteiger partial charge in [0, 0.05) is 13.0 Å². The van der Waals surface area contributed by atoms with E-state index in [0.717, 1.165) is 51.4 Å². The van der Waals surface area contributed by atoms with E-state index < -0.39 is 5.41 Å². The van der Waals surface area contributed by atoms with Gasteiger partial charge in [-0.2, -0.15) is 0 Å². The molecule has 2 N–H and O–H groups in total. The highest BCUT2D eigenvalue weighted by molar-refractivity contribution is 5.75. The van der Waals surface area contributed by atoms with E-state index in [2.05, 4.69) is 33.8 Å². The Hall–Kier alpha value is -0.870. The first-order valence-corrected chi connectivity index (χ1v) is 15.0. The van der Waals surface area contributed by atoms with Gasteiger partial charge in [0.2, 0.25) is 0 Å². The number of carbonyl (C=O) groups excluding carboxylic acids is 1. The summed E-state index contributed by atoms with van der Waals surface area (Å²) in [5.41, 5.74) is 1.52. The number of allylic oxidation sites excluding steroid dienone is 1. The summed E-state index contributed by atoms with van der Waals surface area (Å²) < 4.78 is 5.95. The Morgan fingerprint density at radius 2 is 1.86 bits per heavy atom. The lowest BCUT2D eigenvalue weighted by atomic mass is 9.47. The third-order valence-electron chi connectivity index (χ3n) is 11.3. The molecule has 3 fully saturated rings. The van der Waals surface area contributed by atoms with Gasteiger partial charge < -0.3 is 14.9 Å². The second-order valence-corrected chi connectivity index (χ2v) is 14.8. The second kappa shape index (κ2) is 10.4. The number of rotatable bonds is 7. The third kappa shape index (κ3) is 5.07. The number of aliphatic hydroxyl groups excluding tert-OH is 2. The zero-order valence-corrected chi connectivity index (χ0v) is 24.2. The van der Waals surface area contributed by atoms with Crippen LogP contribution in [0.4, 0.5) is 0 Å². The fraction of sp³-hybridized carbons (Fsp3) is 0.906. The first-order valence-electron chi connectivity index (χ1n) is 15.0. The van der Waals surface area contributed by atoms with Gasteiger partial charge in [0.25, 0.3) is 0 Å². The van der Waals surface area contributed by atoms with Gasteiger partial charge in [-0.1, -0.05) is 52.2 Å². The summed E-state index contributed by atoms with van der Waals surface area (Å²) in [4.78, 5) is 12.5. The van der Waals surface area contributed by atoms with E-state index in [1.807, 2.05) is 20.8 Å². The van der Waals surface area contributed by atoms with Gasteiger partial charge in [-0.3, -0.25) is 4.79 Å². The maximum Gasteiger partial charge on any atom is 0.311 e. The van der Waals surface area contributed by atoms with E-state index in [4.69, 9.17) is 4.74 Å². The van der Waals surface area contributed by atoms with Crippen LogP contribution in [0.1, 0.15) is 113 Å². The first-order chi connectivity index (χ1) is 16.8. The fourth-order valence-corrected chi connectivity index (χ4v) is 9.20. The van der Waals surface area contributed by atoms with Gasteiger partial charge in [0.05, 0.1) is 11.5 Å². The van der Waals surface area contributed by atoms with Crippen LogP contribution in [-0.2, 0) is 9.53 Å². The Morgan fingerprint density at radius 1 is 1.14 bits per heavy atom. The number of esters is 1. The lowest BCUT2D eigenvalue weighted by molar-refractivity contribution is -0.161. The van der Waals surface area contributed by atoms with Crippen molar-refractivity contribution in [3.05, 3.63) is 11.6 Å². The molecule has 0 aliphatic heterocycles. The number of hydrogen-bond donors (Lipinski definition) is 2. The van der Waals surface area contributed by atoms with E-state index in [1.165, 1.54) is 18.4 Å². The zero-order chi connectivity index (χ0) is 26.5. The maximum absolute atomic E-state index is 12.5. The van der Waals surface area contributed by atoms with Gasteiger partial charge in [-0.05, 0) is 112 Å². The van der Waals surface area contributed by atoms with E-state index in [0.29, 0.717) is 35.5 Å². The highest BCUT2D eigenvalue weighted by atomic mass is 16.5. The number of ether oxygens (including phenoxy) is 1. The van der Waals surface area contributed by atoms with Crippen molar-refractivity contribution in [3.63, 3.8) is 0 Å². The molecule has 0 saturated heterocycles. The molecule has 0 radical (unpaired) electrons. The molecule has 0 amide bonds. The SMILES string of the molecule is C[C@@H](CO)CCC[C@@H](C)[C@H]1[C@@H](O)C[C@H]2[C@@H]3CC=C4C[C@@H](OC(=O)C(C)(C)C)CC[C@]4(C)C3CC[C@]12C. The van der Waals surface area contributed by atoms with Crippen molar-refractivity contribution in [1.82, 2.24) is 0 Å². The average Bonchev–Trinajstić information content (AvgIpc) is 3.08. The first kappa shape index (κ1) is 28.1. The molecule has 4 heteroatoms. The molecule has 1 unspecified atom stereocenters. The van der Waals surface area contributed by atoms with Crippen molar-refractivity contribution in [2.24, 2.45) is 51.8 Å². The monoisotopic (exact) mass is 502 g/mol. The van der Waals surface area contributed by atoms with Crippen molar-refractivity contribution >= 4 is 5.97 Å². The molecule has 4 aliphatic rings. The highest BCUT2D eigenvalue weighted by Gasteiger charge is 2.61. The summed E-state index contributed by atoms with van der Waals surface area (Å²) in [7, 11) is 0. The van der Waals surface area contributed by atoms with Gasteiger partial charge >= 0.3 is 5.97 Å². The van der Waals surface area contributed by atoms with Gasteiger partial charge in [0.15, 0.2) is 0 Å². The quantitative estimate of drug-likeness (QED) is 0.293. The van der Waals surface area contributed by atoms with Crippen LogP contribution in [0.15, 0.2) is 11.6 Å². The molecule has 206 valence electrons. The number of fused-ring (bicyclic) bond motifs is 5. The normalized spacial score (nSPS) is 42.0. The summed E-state index contributed by atoms with van der Waals surface area (Å²) in [6.45, 7) is 15.6. The standard InChI is InChI=1S/C32H54O4/c1-20(19-33)9-8-10-21(2)28-27(34)18-26-24-12-11-22-17-23(36-29(35)30(3,4)5)13-15-31(22,6)25(24)14-16-32(26,28)7/h11,20-21,23-28,33-34H,8-10,12-19H2,1-7H3/t20-,21-,23+,24-,25?,26+,27+,28+,31+,32+/m1/s1. The minimum absolute atomic E-state index is 0.0218. The Balaban J connectivity index is 1.46. The molecule has 0 bridgehead atoms. The predicted molar refractivity (Wildman–Crippen MR) is 145 cm³/mol. The molecule has 0 aromatic rings. The Morgan fingerprint density at radius 3 is 2.53 bits per heavy atom. The molecule has 0 aromatic heterocycles. The molecule has 0 spiro atoms.